The molecule has 1 aromatic carbocycles. The van der Waals surface area contributed by atoms with Crippen LogP contribution in [0.4, 0.5) is 22.5 Å². The highest BCUT2D eigenvalue weighted by Crippen LogP contribution is 2.31. The molecule has 9 heteroatoms. The van der Waals surface area contributed by atoms with E-state index in [4.69, 9.17) is 5.73 Å². The molecule has 0 fully saturated rings. The lowest BCUT2D eigenvalue weighted by Crippen LogP contribution is -2.04. The summed E-state index contributed by atoms with van der Waals surface area (Å²) in [5.74, 6) is -0.172. The van der Waals surface area contributed by atoms with Crippen molar-refractivity contribution in [2.45, 2.75) is 0 Å². The molecular weight excluding hydrogens is 304 g/mol. The fourth-order valence-electron chi connectivity index (χ4n) is 1.84. The Kier molecular flexibility index (Phi) is 3.62. The highest BCUT2D eigenvalue weighted by Gasteiger charge is 2.21. The lowest BCUT2D eigenvalue weighted by Gasteiger charge is -2.03. The van der Waals surface area contributed by atoms with E-state index < -0.39 is 4.92 Å². The molecule has 2 heterocycles. The third-order valence-corrected chi connectivity index (χ3v) is 3.59. The van der Waals surface area contributed by atoms with Crippen molar-refractivity contribution in [3.05, 3.63) is 52.2 Å². The predicted molar refractivity (Wildman–Crippen MR) is 83.9 cm³/mol. The van der Waals surface area contributed by atoms with E-state index >= 15 is 0 Å². The molecule has 0 aliphatic carbocycles. The van der Waals surface area contributed by atoms with Gasteiger partial charge in [0.25, 0.3) is 0 Å². The molecule has 3 aromatic rings. The monoisotopic (exact) mass is 314 g/mol. The van der Waals surface area contributed by atoms with Crippen LogP contribution in [0.15, 0.2) is 42.0 Å². The average molecular weight is 314 g/mol. The summed E-state index contributed by atoms with van der Waals surface area (Å²) in [5, 5.41) is 16.2. The van der Waals surface area contributed by atoms with E-state index in [-0.39, 0.29) is 17.3 Å². The molecule has 3 N–H and O–H groups in total. The van der Waals surface area contributed by atoms with Gasteiger partial charge in [0.15, 0.2) is 5.13 Å². The molecule has 0 spiro atoms. The normalized spacial score (nSPS) is 10.4. The van der Waals surface area contributed by atoms with Crippen molar-refractivity contribution in [1.29, 1.82) is 0 Å². The molecule has 0 saturated carbocycles. The van der Waals surface area contributed by atoms with Crippen LogP contribution in [0.1, 0.15) is 0 Å². The van der Waals surface area contributed by atoms with Crippen molar-refractivity contribution in [3.8, 4) is 11.3 Å². The Balaban J connectivity index is 1.91. The van der Waals surface area contributed by atoms with Crippen LogP contribution < -0.4 is 11.1 Å². The molecule has 0 aliphatic heterocycles. The predicted octanol–water partition coefficient (Wildman–Crippen LogP) is 2.83. The Labute approximate surface area is 128 Å². The maximum absolute atomic E-state index is 11.0. The van der Waals surface area contributed by atoms with Crippen molar-refractivity contribution in [3.63, 3.8) is 0 Å². The second-order valence-corrected chi connectivity index (χ2v) is 5.10. The van der Waals surface area contributed by atoms with Gasteiger partial charge in [-0.15, -0.1) is 11.3 Å². The van der Waals surface area contributed by atoms with Gasteiger partial charge in [-0.05, 0) is 0 Å². The zero-order valence-corrected chi connectivity index (χ0v) is 11.9. The van der Waals surface area contributed by atoms with Crippen molar-refractivity contribution in [2.75, 3.05) is 11.1 Å². The van der Waals surface area contributed by atoms with Gasteiger partial charge in [-0.1, -0.05) is 30.3 Å². The third kappa shape index (κ3) is 2.69. The van der Waals surface area contributed by atoms with Crippen LogP contribution in [0.25, 0.3) is 11.3 Å². The van der Waals surface area contributed by atoms with E-state index in [1.807, 2.05) is 35.7 Å². The van der Waals surface area contributed by atoms with Crippen LogP contribution in [0.2, 0.25) is 0 Å². The van der Waals surface area contributed by atoms with Crippen LogP contribution >= 0.6 is 11.3 Å². The van der Waals surface area contributed by atoms with Gasteiger partial charge in [-0.25, -0.2) is 15.0 Å². The number of nitro groups is 1. The number of aromatic nitrogens is 3. The van der Waals surface area contributed by atoms with Gasteiger partial charge in [0.2, 0.25) is 11.6 Å². The summed E-state index contributed by atoms with van der Waals surface area (Å²) < 4.78 is 0. The minimum Gasteiger partial charge on any atom is -0.378 e. The first kappa shape index (κ1) is 13.9. The van der Waals surface area contributed by atoms with Gasteiger partial charge in [-0.3, -0.25) is 10.1 Å². The second kappa shape index (κ2) is 5.74. The fourth-order valence-corrected chi connectivity index (χ4v) is 2.56. The fraction of sp³-hybridized carbons (Fsp3) is 0. The largest absolute Gasteiger partial charge is 0.378 e. The molecule has 0 bridgehead atoms. The van der Waals surface area contributed by atoms with Crippen LogP contribution in [0, 0.1) is 10.1 Å². The molecule has 22 heavy (non-hydrogen) atoms. The van der Waals surface area contributed by atoms with Crippen LogP contribution in [0.5, 0.6) is 0 Å². The molecule has 3 rings (SSSR count). The summed E-state index contributed by atoms with van der Waals surface area (Å²) in [6.07, 6.45) is 1.16. The summed E-state index contributed by atoms with van der Waals surface area (Å²) >= 11 is 1.32. The quantitative estimate of drug-likeness (QED) is 0.561. The number of thiazole rings is 1. The topological polar surface area (TPSA) is 120 Å². The average Bonchev–Trinajstić information content (AvgIpc) is 2.96. The lowest BCUT2D eigenvalue weighted by atomic mass is 10.2. The number of benzene rings is 1. The molecule has 0 saturated heterocycles. The van der Waals surface area contributed by atoms with E-state index in [1.165, 1.54) is 11.3 Å². The summed E-state index contributed by atoms with van der Waals surface area (Å²) in [4.78, 5) is 22.3. The van der Waals surface area contributed by atoms with Gasteiger partial charge in [-0.2, -0.15) is 0 Å². The number of nitrogens with one attached hydrogen (secondary N) is 1. The molecule has 0 aliphatic rings. The van der Waals surface area contributed by atoms with Gasteiger partial charge in [0, 0.05) is 10.9 Å². The Morgan fingerprint density at radius 2 is 2.00 bits per heavy atom. The lowest BCUT2D eigenvalue weighted by molar-refractivity contribution is -0.383. The smallest absolute Gasteiger partial charge is 0.353 e. The summed E-state index contributed by atoms with van der Waals surface area (Å²) in [7, 11) is 0. The SMILES string of the molecule is Nc1ncnc(Nc2nc(-c3ccccc3)cs2)c1[N+](=O)[O-]. The van der Waals surface area contributed by atoms with Gasteiger partial charge in [0.1, 0.15) is 6.33 Å². The number of nitrogen functional groups attached to an aromatic ring is 1. The Morgan fingerprint density at radius 1 is 1.23 bits per heavy atom. The van der Waals surface area contributed by atoms with Crippen LogP contribution in [-0.2, 0) is 0 Å². The number of nitrogens with zero attached hydrogens (tertiary/aromatic N) is 4. The molecule has 0 unspecified atom stereocenters. The third-order valence-electron chi connectivity index (χ3n) is 2.83. The van der Waals surface area contributed by atoms with Crippen molar-refractivity contribution < 1.29 is 4.92 Å². The number of rotatable bonds is 4. The minimum atomic E-state index is -0.622. The van der Waals surface area contributed by atoms with Crippen molar-refractivity contribution in [2.24, 2.45) is 0 Å². The Morgan fingerprint density at radius 3 is 2.73 bits per heavy atom. The van der Waals surface area contributed by atoms with E-state index in [0.717, 1.165) is 17.6 Å². The van der Waals surface area contributed by atoms with E-state index in [1.54, 1.807) is 0 Å². The van der Waals surface area contributed by atoms with Crippen LogP contribution in [0.3, 0.4) is 0 Å². The van der Waals surface area contributed by atoms with Crippen molar-refractivity contribution >= 4 is 33.8 Å². The number of nitrogens with two attached hydrogens (primary N) is 1. The molecule has 8 nitrogen and oxygen atoms in total. The maximum atomic E-state index is 11.0. The van der Waals surface area contributed by atoms with E-state index in [9.17, 15) is 10.1 Å². The van der Waals surface area contributed by atoms with E-state index in [2.05, 4.69) is 20.3 Å². The molecule has 0 amide bonds. The number of hydrogen-bond donors (Lipinski definition) is 2. The highest BCUT2D eigenvalue weighted by atomic mass is 32.1. The first-order valence-corrected chi connectivity index (χ1v) is 7.06. The number of hydrogen-bond acceptors (Lipinski definition) is 8. The highest BCUT2D eigenvalue weighted by molar-refractivity contribution is 7.14. The molecule has 110 valence electrons. The van der Waals surface area contributed by atoms with Gasteiger partial charge in [0.05, 0.1) is 10.6 Å². The zero-order valence-electron chi connectivity index (χ0n) is 11.1. The Bertz CT molecular complexity index is 820. The van der Waals surface area contributed by atoms with Crippen molar-refractivity contribution in [1.82, 2.24) is 15.0 Å². The summed E-state index contributed by atoms with van der Waals surface area (Å²) in [6.45, 7) is 0. The first-order valence-electron chi connectivity index (χ1n) is 6.18. The Hall–Kier alpha value is -3.07. The van der Waals surface area contributed by atoms with Gasteiger partial charge < -0.3 is 11.1 Å². The molecule has 2 aromatic heterocycles. The molecule has 0 atom stereocenters. The van der Waals surface area contributed by atoms with Crippen LogP contribution in [-0.4, -0.2) is 19.9 Å². The van der Waals surface area contributed by atoms with Gasteiger partial charge >= 0.3 is 5.69 Å². The standard InChI is InChI=1S/C13H10N6O2S/c14-11-10(19(20)21)12(16-7-15-11)18-13-17-9(6-22-13)8-4-2-1-3-5-8/h1-7H,(H3,14,15,16,17,18). The first-order chi connectivity index (χ1) is 10.6. The zero-order chi connectivity index (χ0) is 15.5. The minimum absolute atomic E-state index is 0.0199. The molecular formula is C13H10N6O2S. The molecule has 0 radical (unpaired) electrons. The maximum Gasteiger partial charge on any atom is 0.353 e. The number of anilines is 3. The summed E-state index contributed by atoms with van der Waals surface area (Å²) in [5.41, 5.74) is 6.90. The summed E-state index contributed by atoms with van der Waals surface area (Å²) in [6, 6.07) is 9.62. The second-order valence-electron chi connectivity index (χ2n) is 4.24. The van der Waals surface area contributed by atoms with E-state index in [0.29, 0.717) is 5.13 Å².